The molecule has 0 aliphatic heterocycles. The third-order valence-corrected chi connectivity index (χ3v) is 1.79. The van der Waals surface area contributed by atoms with Gasteiger partial charge in [-0.25, -0.2) is 5.46 Å². The van der Waals surface area contributed by atoms with Gasteiger partial charge in [0.05, 0.1) is 0 Å². The van der Waals surface area contributed by atoms with Crippen molar-refractivity contribution < 1.29 is 0 Å². The van der Waals surface area contributed by atoms with E-state index in [1.165, 1.54) is 5.46 Å². The monoisotopic (exact) mass is 139 g/mol. The Morgan fingerprint density at radius 2 is 2.22 bits per heavy atom. The predicted octanol–water partition coefficient (Wildman–Crippen LogP) is 1.18. The van der Waals surface area contributed by atoms with Crippen LogP contribution in [0.1, 0.15) is 0 Å². The highest BCUT2D eigenvalue weighted by molar-refractivity contribution is 6.52. The van der Waals surface area contributed by atoms with Crippen molar-refractivity contribution in [2.24, 2.45) is 0 Å². The summed E-state index contributed by atoms with van der Waals surface area (Å²) in [5.41, 5.74) is 1.42. The number of hydrogen-bond donors (Lipinski definition) is 0. The third kappa shape index (κ3) is 1.76. The van der Waals surface area contributed by atoms with Crippen LogP contribution in [0.4, 0.5) is 0 Å². The molecule has 0 aromatic heterocycles. The molecule has 9 heavy (non-hydrogen) atoms. The number of benzene rings is 1. The lowest BCUT2D eigenvalue weighted by Gasteiger charge is -1.99. The molecule has 1 aromatic carbocycles. The topological polar surface area (TPSA) is 0 Å². The minimum atomic E-state index is 0.0925. The molecule has 0 heterocycles. The highest BCUT2D eigenvalue weighted by Gasteiger charge is 1.82. The average molecular weight is 139 g/mol. The fraction of sp³-hybridized carbons (Fsp3) is 0.143. The standard InChI is InChI=1S/C7H9BCl/c1-8-6-3-2-4-7(9)5-6/h2-5H,8H2,1H3/q-1. The van der Waals surface area contributed by atoms with E-state index in [0.717, 1.165) is 5.02 Å². The second-order valence-corrected chi connectivity index (χ2v) is 2.74. The highest BCUT2D eigenvalue weighted by Crippen LogP contribution is 2.02. The normalized spacial score (nSPS) is 9.56. The lowest BCUT2D eigenvalue weighted by molar-refractivity contribution is 1.76. The van der Waals surface area contributed by atoms with Gasteiger partial charge in [0, 0.05) is 5.02 Å². The quantitative estimate of drug-likeness (QED) is 0.513. The van der Waals surface area contributed by atoms with Gasteiger partial charge in [0.2, 0.25) is 0 Å². The van der Waals surface area contributed by atoms with Gasteiger partial charge < -0.3 is 0 Å². The Morgan fingerprint density at radius 1 is 1.44 bits per heavy atom. The molecule has 1 aromatic rings. The number of halogens is 1. The van der Waals surface area contributed by atoms with Crippen LogP contribution in [-0.4, -0.2) is 7.28 Å². The van der Waals surface area contributed by atoms with Crippen molar-refractivity contribution in [1.82, 2.24) is 0 Å². The van der Waals surface area contributed by atoms with Gasteiger partial charge in [-0.1, -0.05) is 29.8 Å². The van der Waals surface area contributed by atoms with E-state index < -0.39 is 0 Å². The first-order chi connectivity index (χ1) is 4.33. The molecular weight excluding hydrogens is 130 g/mol. The second-order valence-electron chi connectivity index (χ2n) is 2.30. The van der Waals surface area contributed by atoms with Crippen LogP contribution in [0.3, 0.4) is 0 Å². The Labute approximate surface area is 61.1 Å². The van der Waals surface area contributed by atoms with E-state index >= 15 is 0 Å². The Hall–Kier alpha value is -0.425. The largest absolute Gasteiger partial charge is 0.216 e. The summed E-state index contributed by atoms with van der Waals surface area (Å²) in [6, 6.07) is 8.09. The Kier molecular flexibility index (Phi) is 2.18. The summed E-state index contributed by atoms with van der Waals surface area (Å²) < 4.78 is 0. The van der Waals surface area contributed by atoms with Crippen LogP contribution >= 0.6 is 11.6 Å². The van der Waals surface area contributed by atoms with E-state index in [1.54, 1.807) is 0 Å². The van der Waals surface area contributed by atoms with Crippen LogP contribution in [0.15, 0.2) is 24.3 Å². The molecule has 0 saturated heterocycles. The summed E-state index contributed by atoms with van der Waals surface area (Å²) in [6.07, 6.45) is 0. The van der Waals surface area contributed by atoms with Gasteiger partial charge >= 0.3 is 0 Å². The van der Waals surface area contributed by atoms with E-state index in [1.807, 2.05) is 18.2 Å². The van der Waals surface area contributed by atoms with Crippen LogP contribution in [0.5, 0.6) is 0 Å². The molecule has 0 atom stereocenters. The molecule has 0 N–H and O–H groups in total. The van der Waals surface area contributed by atoms with Crippen molar-refractivity contribution in [3.63, 3.8) is 0 Å². The Morgan fingerprint density at radius 3 is 2.67 bits per heavy atom. The fourth-order valence-electron chi connectivity index (χ4n) is 0.917. The maximum atomic E-state index is 5.74. The molecule has 0 nitrogen and oxygen atoms in total. The molecule has 0 fully saturated rings. The SMILES string of the molecule is C[BH2-]c1cccc(Cl)c1. The first-order valence-corrected chi connectivity index (χ1v) is 3.89. The molecule has 2 heteroatoms. The zero-order valence-corrected chi connectivity index (χ0v) is 6.44. The molecule has 0 amide bonds. The van der Waals surface area contributed by atoms with E-state index in [0.29, 0.717) is 0 Å². The van der Waals surface area contributed by atoms with E-state index in [4.69, 9.17) is 11.6 Å². The van der Waals surface area contributed by atoms with Crippen molar-refractivity contribution in [3.8, 4) is 0 Å². The van der Waals surface area contributed by atoms with Crippen LogP contribution in [-0.2, 0) is 0 Å². The molecule has 0 saturated carbocycles. The first kappa shape index (κ1) is 6.69. The van der Waals surface area contributed by atoms with E-state index in [-0.39, 0.29) is 7.28 Å². The van der Waals surface area contributed by atoms with Gasteiger partial charge in [0.15, 0.2) is 0 Å². The van der Waals surface area contributed by atoms with Gasteiger partial charge in [0.25, 0.3) is 0 Å². The molecule has 0 bridgehead atoms. The van der Waals surface area contributed by atoms with Crippen molar-refractivity contribution in [2.75, 3.05) is 0 Å². The zero-order chi connectivity index (χ0) is 6.69. The lowest BCUT2D eigenvalue weighted by atomic mass is 9.74. The molecule has 1 rings (SSSR count). The average Bonchev–Trinajstić information content (AvgIpc) is 1.88. The van der Waals surface area contributed by atoms with Crippen LogP contribution in [0, 0.1) is 0 Å². The fourth-order valence-corrected chi connectivity index (χ4v) is 1.16. The highest BCUT2D eigenvalue weighted by atomic mass is 35.5. The molecule has 0 radical (unpaired) electrons. The molecule has 0 spiro atoms. The first-order valence-electron chi connectivity index (χ1n) is 3.51. The van der Waals surface area contributed by atoms with Crippen LogP contribution in [0.2, 0.25) is 11.8 Å². The van der Waals surface area contributed by atoms with Gasteiger partial charge in [-0.3, -0.25) is 0 Å². The lowest BCUT2D eigenvalue weighted by Crippen LogP contribution is -2.08. The Balaban J connectivity index is 2.94. The molecule has 0 unspecified atom stereocenters. The van der Waals surface area contributed by atoms with Crippen LogP contribution < -0.4 is 5.46 Å². The molecule has 48 valence electrons. The molecular formula is C7H9BCl-. The third-order valence-electron chi connectivity index (χ3n) is 1.56. The second kappa shape index (κ2) is 2.93. The predicted molar refractivity (Wildman–Crippen MR) is 45.5 cm³/mol. The van der Waals surface area contributed by atoms with E-state index in [2.05, 4.69) is 12.9 Å². The van der Waals surface area contributed by atoms with Gasteiger partial charge in [-0.15, -0.1) is 0 Å². The molecule has 0 aliphatic carbocycles. The summed E-state index contributed by atoms with van der Waals surface area (Å²) in [5, 5.41) is 0.859. The van der Waals surface area contributed by atoms with Gasteiger partial charge in [-0.05, 0) is 13.3 Å². The summed E-state index contributed by atoms with van der Waals surface area (Å²) >= 11 is 5.74. The maximum Gasteiger partial charge on any atom is 0.0374 e. The van der Waals surface area contributed by atoms with Crippen molar-refractivity contribution in [1.29, 1.82) is 0 Å². The Bertz CT molecular complexity index is 198. The van der Waals surface area contributed by atoms with Crippen molar-refractivity contribution in [2.45, 2.75) is 6.82 Å². The van der Waals surface area contributed by atoms with E-state index in [9.17, 15) is 0 Å². The zero-order valence-electron chi connectivity index (χ0n) is 5.69. The molecule has 0 aliphatic rings. The number of hydrogen-bond acceptors (Lipinski definition) is 0. The summed E-state index contributed by atoms with van der Waals surface area (Å²) in [5.74, 6) is 0. The summed E-state index contributed by atoms with van der Waals surface area (Å²) in [4.78, 5) is 0. The summed E-state index contributed by atoms with van der Waals surface area (Å²) in [7, 11) is 0.0925. The smallest absolute Gasteiger partial charge is 0.0374 e. The van der Waals surface area contributed by atoms with Crippen molar-refractivity contribution >= 4 is 24.3 Å². The van der Waals surface area contributed by atoms with Crippen LogP contribution in [0.25, 0.3) is 0 Å². The van der Waals surface area contributed by atoms with Gasteiger partial charge in [-0.2, -0.15) is 6.82 Å². The number of rotatable bonds is 1. The van der Waals surface area contributed by atoms with Crippen molar-refractivity contribution in [3.05, 3.63) is 29.3 Å². The minimum absolute atomic E-state index is 0.0925. The minimum Gasteiger partial charge on any atom is -0.216 e. The maximum absolute atomic E-state index is 5.74. The van der Waals surface area contributed by atoms with Gasteiger partial charge in [0.1, 0.15) is 0 Å². The summed E-state index contributed by atoms with van der Waals surface area (Å²) in [6.45, 7) is 2.24.